The standard InChI is InChI=1S/C24H22BrNO/c1-2-3-8-15-26-16-21(19-11-6-7-12-23(19)26)24(27)20-13-14-22(25)18-10-5-4-9-17(18)20/h4-7,9-14,16H,2-3,8,15H2,1H3/i1D3,2D2,3D2,8D2,15D2. The van der Waals surface area contributed by atoms with E-state index in [0.29, 0.717) is 10.9 Å². The summed E-state index contributed by atoms with van der Waals surface area (Å²) in [7, 11) is 0. The monoisotopic (exact) mass is 430 g/mol. The summed E-state index contributed by atoms with van der Waals surface area (Å²) in [6, 6.07) is 16.6. The summed E-state index contributed by atoms with van der Waals surface area (Å²) < 4.78 is 90.0. The van der Waals surface area contributed by atoms with Crippen LogP contribution in [0.25, 0.3) is 21.7 Å². The molecule has 0 bridgehead atoms. The second-order valence-electron chi connectivity index (χ2n) is 5.89. The Hall–Kier alpha value is -2.39. The molecule has 2 nitrogen and oxygen atoms in total. The topological polar surface area (TPSA) is 22.0 Å². The number of carbonyl (C=O) groups excluding carboxylic acids is 1. The molecular formula is C24H22BrNO. The first-order valence-corrected chi connectivity index (χ1v) is 9.00. The van der Waals surface area contributed by atoms with Gasteiger partial charge in [0.25, 0.3) is 0 Å². The molecule has 1 aromatic heterocycles. The van der Waals surface area contributed by atoms with Gasteiger partial charge in [-0.3, -0.25) is 4.79 Å². The summed E-state index contributed by atoms with van der Waals surface area (Å²) in [5.74, 6) is -0.485. The molecule has 0 radical (unpaired) electrons. The molecule has 1 heterocycles. The van der Waals surface area contributed by atoms with Gasteiger partial charge in [-0.05, 0) is 35.3 Å². The van der Waals surface area contributed by atoms with Crippen LogP contribution in [0.1, 0.15) is 57.0 Å². The molecule has 0 spiro atoms. The zero-order valence-corrected chi connectivity index (χ0v) is 15.7. The molecule has 0 fully saturated rings. The second kappa shape index (κ2) is 7.69. The number of aryl methyl sites for hydroxylation is 1. The third-order valence-electron chi connectivity index (χ3n) is 4.37. The Morgan fingerprint density at radius 2 is 1.70 bits per heavy atom. The lowest BCUT2D eigenvalue weighted by molar-refractivity contribution is 0.104. The van der Waals surface area contributed by atoms with Crippen molar-refractivity contribution in [2.45, 2.75) is 32.5 Å². The quantitative estimate of drug-likeness (QED) is 0.302. The fraction of sp³-hybridized carbons (Fsp3) is 0.208. The third kappa shape index (κ3) is 3.32. The van der Waals surface area contributed by atoms with Gasteiger partial charge in [-0.15, -0.1) is 0 Å². The van der Waals surface area contributed by atoms with Gasteiger partial charge in [0, 0.05) is 54.3 Å². The fourth-order valence-corrected chi connectivity index (χ4v) is 3.66. The van der Waals surface area contributed by atoms with Crippen LogP contribution in [-0.2, 0) is 6.50 Å². The normalized spacial score (nSPS) is 20.0. The van der Waals surface area contributed by atoms with Crippen LogP contribution >= 0.6 is 15.9 Å². The summed E-state index contributed by atoms with van der Waals surface area (Å²) in [5.41, 5.74) is 0.382. The average Bonchev–Trinajstić information content (AvgIpc) is 3.23. The van der Waals surface area contributed by atoms with E-state index in [1.54, 1.807) is 36.4 Å². The van der Waals surface area contributed by atoms with Crippen LogP contribution < -0.4 is 0 Å². The molecule has 0 aliphatic heterocycles. The Bertz CT molecular complexity index is 1560. The van der Waals surface area contributed by atoms with Crippen molar-refractivity contribution >= 4 is 43.4 Å². The van der Waals surface area contributed by atoms with E-state index in [9.17, 15) is 4.79 Å². The fourth-order valence-electron chi connectivity index (χ4n) is 3.18. The summed E-state index contributed by atoms with van der Waals surface area (Å²) in [4.78, 5) is 13.8. The molecule has 0 atom stereocenters. The molecule has 0 amide bonds. The molecule has 0 aliphatic rings. The highest BCUT2D eigenvalue weighted by Gasteiger charge is 2.19. The van der Waals surface area contributed by atoms with E-state index < -0.39 is 38.3 Å². The van der Waals surface area contributed by atoms with Crippen LogP contribution in [0.4, 0.5) is 0 Å². The molecule has 0 aliphatic carbocycles. The van der Waals surface area contributed by atoms with E-state index in [-0.39, 0.29) is 16.5 Å². The summed E-state index contributed by atoms with van der Waals surface area (Å²) in [6.07, 6.45) is -10.2. The van der Waals surface area contributed by atoms with Gasteiger partial charge in [0.15, 0.2) is 5.78 Å². The van der Waals surface area contributed by atoms with Gasteiger partial charge in [0.1, 0.15) is 0 Å². The zero-order valence-electron chi connectivity index (χ0n) is 25.1. The summed E-state index contributed by atoms with van der Waals surface area (Å²) >= 11 is 3.46. The largest absolute Gasteiger partial charge is 0.347 e. The van der Waals surface area contributed by atoms with Crippen molar-refractivity contribution in [3.63, 3.8) is 0 Å². The van der Waals surface area contributed by atoms with Crippen molar-refractivity contribution in [2.75, 3.05) is 0 Å². The lowest BCUT2D eigenvalue weighted by atomic mass is 9.97. The highest BCUT2D eigenvalue weighted by atomic mass is 79.9. The van der Waals surface area contributed by atoms with Gasteiger partial charge in [0.05, 0.1) is 0 Å². The molecule has 0 saturated carbocycles. The number of fused-ring (bicyclic) bond motifs is 2. The molecule has 0 N–H and O–H groups in total. The van der Waals surface area contributed by atoms with E-state index in [2.05, 4.69) is 15.9 Å². The van der Waals surface area contributed by atoms with Gasteiger partial charge in [-0.25, -0.2) is 0 Å². The van der Waals surface area contributed by atoms with Crippen LogP contribution in [0.3, 0.4) is 0 Å². The van der Waals surface area contributed by atoms with Crippen LogP contribution in [-0.4, -0.2) is 10.4 Å². The lowest BCUT2D eigenvalue weighted by Gasteiger charge is -2.07. The number of hydrogen-bond acceptors (Lipinski definition) is 1. The van der Waals surface area contributed by atoms with Crippen LogP contribution in [0.15, 0.2) is 71.3 Å². The number of rotatable bonds is 6. The molecule has 3 aromatic carbocycles. The average molecular weight is 431 g/mol. The predicted octanol–water partition coefficient (Wildman–Crippen LogP) is 6.98. The van der Waals surface area contributed by atoms with E-state index in [1.807, 2.05) is 12.1 Å². The molecule has 27 heavy (non-hydrogen) atoms. The first kappa shape index (κ1) is 9.20. The number of nitrogens with zero attached hydrogens (tertiary/aromatic N) is 1. The Balaban J connectivity index is 1.93. The van der Waals surface area contributed by atoms with Crippen LogP contribution in [0, 0.1) is 0 Å². The third-order valence-corrected chi connectivity index (χ3v) is 5.06. The first-order chi connectivity index (χ1) is 17.4. The van der Waals surface area contributed by atoms with Crippen molar-refractivity contribution in [3.05, 3.63) is 82.5 Å². The Labute approximate surface area is 183 Å². The van der Waals surface area contributed by atoms with Crippen molar-refractivity contribution in [3.8, 4) is 0 Å². The zero-order chi connectivity index (χ0) is 28.5. The number of para-hydroxylation sites is 1. The number of halogens is 1. The Morgan fingerprint density at radius 1 is 0.963 bits per heavy atom. The molecule has 4 rings (SSSR count). The maximum absolute atomic E-state index is 13.8. The maximum Gasteiger partial charge on any atom is 0.195 e. The predicted molar refractivity (Wildman–Crippen MR) is 117 cm³/mol. The minimum Gasteiger partial charge on any atom is -0.347 e. The van der Waals surface area contributed by atoms with Crippen molar-refractivity contribution in [2.24, 2.45) is 0 Å². The second-order valence-corrected chi connectivity index (χ2v) is 6.74. The van der Waals surface area contributed by atoms with E-state index in [4.69, 9.17) is 15.1 Å². The summed E-state index contributed by atoms with van der Waals surface area (Å²) in [5, 5.41) is 1.67. The molecule has 0 unspecified atom stereocenters. The van der Waals surface area contributed by atoms with Gasteiger partial charge in [-0.2, -0.15) is 0 Å². The van der Waals surface area contributed by atoms with Crippen molar-refractivity contribution in [1.82, 2.24) is 4.57 Å². The minimum absolute atomic E-state index is 0.0205. The number of ketones is 1. The highest BCUT2D eigenvalue weighted by molar-refractivity contribution is 9.10. The van der Waals surface area contributed by atoms with Crippen LogP contribution in [0.5, 0.6) is 0 Å². The van der Waals surface area contributed by atoms with E-state index in [1.165, 1.54) is 12.1 Å². The smallest absolute Gasteiger partial charge is 0.195 e. The molecule has 136 valence electrons. The number of hydrogen-bond donors (Lipinski definition) is 0. The number of carbonyl (C=O) groups is 1. The van der Waals surface area contributed by atoms with Crippen molar-refractivity contribution < 1.29 is 19.9 Å². The van der Waals surface area contributed by atoms with Crippen LogP contribution in [0.2, 0.25) is 0 Å². The van der Waals surface area contributed by atoms with E-state index in [0.717, 1.165) is 20.6 Å². The molecule has 0 saturated heterocycles. The van der Waals surface area contributed by atoms with Gasteiger partial charge >= 0.3 is 0 Å². The summed E-state index contributed by atoms with van der Waals surface area (Å²) in [6.45, 7) is -6.91. The molecule has 4 aromatic rings. The highest BCUT2D eigenvalue weighted by Crippen LogP contribution is 2.30. The maximum atomic E-state index is 13.8. The van der Waals surface area contributed by atoms with Crippen molar-refractivity contribution in [1.29, 1.82) is 0 Å². The Kier molecular flexibility index (Phi) is 2.62. The molecular weight excluding hydrogens is 398 g/mol. The van der Waals surface area contributed by atoms with Gasteiger partial charge in [0.2, 0.25) is 0 Å². The number of benzene rings is 3. The SMILES string of the molecule is [2H]C([2H])([2H])C([2H])([2H])C([2H])([2H])C([2H])([2H])C([2H])([2H])n1cc(C(=O)c2ccc(Br)c3ccccc23)c2ccccc21. The first-order valence-electron chi connectivity index (χ1n) is 13.7. The van der Waals surface area contributed by atoms with Gasteiger partial charge < -0.3 is 4.57 Å². The lowest BCUT2D eigenvalue weighted by Crippen LogP contribution is -2.02. The minimum atomic E-state index is -3.81. The van der Waals surface area contributed by atoms with Gasteiger partial charge in [-0.1, -0.05) is 78.0 Å². The Morgan fingerprint density at radius 3 is 2.52 bits per heavy atom. The number of aromatic nitrogens is 1. The van der Waals surface area contributed by atoms with E-state index >= 15 is 0 Å². The molecule has 3 heteroatoms.